The summed E-state index contributed by atoms with van der Waals surface area (Å²) in [7, 11) is 0. The molecule has 3 atom stereocenters. The summed E-state index contributed by atoms with van der Waals surface area (Å²) in [5.74, 6) is 3.04. The number of aliphatic hydroxyl groups is 4. The molecule has 1 saturated heterocycles. The van der Waals surface area contributed by atoms with Crippen LogP contribution in [0.2, 0.25) is 10.0 Å². The van der Waals surface area contributed by atoms with Crippen LogP contribution in [0.15, 0.2) is 177 Å². The van der Waals surface area contributed by atoms with E-state index >= 15 is 0 Å². The van der Waals surface area contributed by atoms with Gasteiger partial charge < -0.3 is 81.1 Å². The minimum absolute atomic E-state index is 0.0146. The zero-order valence-electron chi connectivity index (χ0n) is 70.6. The molecule has 0 aliphatic carbocycles. The Morgan fingerprint density at radius 1 is 0.443 bits per heavy atom. The van der Waals surface area contributed by atoms with Gasteiger partial charge >= 0.3 is 0 Å². The number of hydrogen-bond acceptors (Lipinski definition) is 21. The predicted molar refractivity (Wildman–Crippen MR) is 509 cm³/mol. The number of aliphatic hydroxyl groups excluding tert-OH is 4. The molecular weight excluding hydrogens is 1750 g/mol. The summed E-state index contributed by atoms with van der Waals surface area (Å²) in [6.45, 7) is 21.8. The second kappa shape index (κ2) is 47.8. The molecule has 0 saturated carbocycles. The van der Waals surface area contributed by atoms with Crippen molar-refractivity contribution in [3.8, 4) is 34.2 Å². The molecule has 28 heteroatoms. The van der Waals surface area contributed by atoms with Crippen LogP contribution in [-0.2, 0) is 53.7 Å². The Morgan fingerprint density at radius 2 is 0.803 bits per heavy atom. The Kier molecular flexibility index (Phi) is 37.1. The number of carbonyl (C=O) groups excluding carboxylic acids is 3. The first-order chi connectivity index (χ1) is 59.2. The van der Waals surface area contributed by atoms with Crippen molar-refractivity contribution < 1.29 is 34.8 Å². The van der Waals surface area contributed by atoms with Crippen LogP contribution >= 0.6 is 77.7 Å². The van der Waals surface area contributed by atoms with E-state index in [0.717, 1.165) is 154 Å². The fraction of sp³-hybridized carbons (Fsp3) is 0.404. The number of nitrogens with two attached hydrogens (primary N) is 2. The highest BCUT2D eigenvalue weighted by Crippen LogP contribution is 2.36. The molecule has 22 nitrogen and oxygen atoms in total. The van der Waals surface area contributed by atoms with E-state index in [-0.39, 0.29) is 61.9 Å². The van der Waals surface area contributed by atoms with Crippen molar-refractivity contribution in [2.45, 2.75) is 150 Å². The smallest absolute Gasteiger partial charge is 0.141 e. The van der Waals surface area contributed by atoms with Gasteiger partial charge in [0, 0.05) is 173 Å². The number of nitrogens with one attached hydrogen (secondary N) is 3. The lowest BCUT2D eigenvalue weighted by Crippen LogP contribution is -2.31. The monoisotopic (exact) mass is 1860 g/mol. The molecule has 12 aromatic rings. The van der Waals surface area contributed by atoms with E-state index in [1.807, 2.05) is 64.4 Å². The number of aryl methyl sites for hydroxylation is 1. The van der Waals surface area contributed by atoms with Crippen molar-refractivity contribution in [3.05, 3.63) is 219 Å². The minimum Gasteiger partial charge on any atom is -0.395 e. The third-order valence-corrected chi connectivity index (χ3v) is 25.8. The number of imidazole rings is 3. The van der Waals surface area contributed by atoms with Gasteiger partial charge in [-0.15, -0.1) is 22.7 Å². The molecule has 0 bridgehead atoms. The van der Waals surface area contributed by atoms with Gasteiger partial charge in [0.05, 0.1) is 77.1 Å². The van der Waals surface area contributed by atoms with Gasteiger partial charge in [0.25, 0.3) is 0 Å². The lowest BCUT2D eigenvalue weighted by Gasteiger charge is -2.26. The van der Waals surface area contributed by atoms with Crippen LogP contribution in [0.4, 0.5) is 17.1 Å². The normalized spacial score (nSPS) is 13.1. The maximum atomic E-state index is 12.3. The SMILES string of the molecule is CC(=O)CC(NCc1ccc(Br)s1)c1ccc2c(c1)nc(-c1ccc(N(CCO)CCO)cc1)n2CCN.CC(=O)CC(NCc1ccc(Cl)c(Cl)c1)c1ccc2c(c1)nc(-c1ccc(N(CCO)CCO)cc1)n2CCCN1CCCCC1.CCCN(CCC)c1ccc(-c2nc3cc(C(CC(C)=O)NCc4ccc(Br)s4)ccc3n2CCN)cc1. The number of halogens is 4. The van der Waals surface area contributed by atoms with Gasteiger partial charge in [-0.05, 0) is 272 Å². The fourth-order valence-corrected chi connectivity index (χ4v) is 19.1. The maximum Gasteiger partial charge on any atom is 0.141 e. The van der Waals surface area contributed by atoms with Gasteiger partial charge in [0.15, 0.2) is 0 Å². The maximum absolute atomic E-state index is 12.3. The molecule has 0 radical (unpaired) electrons. The van der Waals surface area contributed by atoms with Gasteiger partial charge in [-0.25, -0.2) is 15.0 Å². The summed E-state index contributed by atoms with van der Waals surface area (Å²) >= 11 is 22.8. The Balaban J connectivity index is 0.000000180. The summed E-state index contributed by atoms with van der Waals surface area (Å²) in [6, 6.07) is 57.2. The van der Waals surface area contributed by atoms with E-state index < -0.39 is 0 Å². The number of benzene rings is 7. The first-order valence-electron chi connectivity index (χ1n) is 42.5. The molecular formula is C94H117Br2Cl2N15O7S2. The number of Topliss-reactive ketones (excluding diaryl/α,β-unsaturated/α-hetero) is 3. The summed E-state index contributed by atoms with van der Waals surface area (Å²) in [6.07, 6.45) is 8.34. The van der Waals surface area contributed by atoms with Gasteiger partial charge in [-0.1, -0.05) is 67.7 Å². The Bertz CT molecular complexity index is 5100. The average molecular weight is 1860 g/mol. The average Bonchev–Trinajstić information content (AvgIpc) is 1.64. The zero-order chi connectivity index (χ0) is 86.6. The summed E-state index contributed by atoms with van der Waals surface area (Å²) in [5.41, 5.74) is 28.0. The third kappa shape index (κ3) is 26.3. The van der Waals surface area contributed by atoms with Crippen LogP contribution < -0.4 is 42.1 Å². The molecule has 5 aromatic heterocycles. The van der Waals surface area contributed by atoms with E-state index in [4.69, 9.17) is 49.6 Å². The number of thiophene rings is 2. The van der Waals surface area contributed by atoms with Gasteiger partial charge in [-0.3, -0.25) is 14.4 Å². The largest absolute Gasteiger partial charge is 0.395 e. The first kappa shape index (κ1) is 94.6. The molecule has 0 spiro atoms. The minimum atomic E-state index is -0.188. The van der Waals surface area contributed by atoms with Crippen molar-refractivity contribution in [1.82, 2.24) is 49.5 Å². The standard InChI is InChI=1S/C36H45Cl2N5O3.C30H38BrN5OS.C28H34BrN5O3S/c1-26(46)22-33(39-25-27-6-12-31(37)32(38)23-27)29-9-13-35-34(24-29)40-36(43(35)17-5-16-41-14-3-2-4-15-41)28-7-10-30(11-8-28)42(18-20-44)19-21-45;1-4-15-35(16-5-2)24-9-6-22(7-10-24)30-34-27-19-23(8-12-28(27)36(30)17-14-32)26(18-21(3)37)33-20-25-11-13-29(31)38-25;1-19(37)16-24(31-18-23-7-9-27(29)38-23)21-4-8-26-25(17-21)32-28(34(26)11-10-30)20-2-5-22(6-3-20)33(12-14-35)13-15-36/h6-13,23-24,33,39,44-45H,2-5,14-22,25H2,1H3;6-13,19,26,33H,4-5,14-18,20,32H2,1-3H3;2-9,17,24,31,35-36H,10-16,18,30H2,1H3. The van der Waals surface area contributed by atoms with Crippen molar-refractivity contribution >= 4 is 145 Å². The molecule has 0 amide bonds. The number of carbonyl (C=O) groups is 3. The molecule has 11 N–H and O–H groups in total. The summed E-state index contributed by atoms with van der Waals surface area (Å²) < 4.78 is 8.85. The van der Waals surface area contributed by atoms with Crippen LogP contribution in [0.25, 0.3) is 67.3 Å². The number of aromatic nitrogens is 6. The molecule has 6 heterocycles. The Hall–Kier alpha value is -8.10. The van der Waals surface area contributed by atoms with E-state index in [9.17, 15) is 34.8 Å². The van der Waals surface area contributed by atoms with Gasteiger partial charge in [0.2, 0.25) is 0 Å². The molecule has 122 heavy (non-hydrogen) atoms. The second-order valence-electron chi connectivity index (χ2n) is 31.0. The van der Waals surface area contributed by atoms with Crippen LogP contribution in [0, 0.1) is 0 Å². The molecule has 3 unspecified atom stereocenters. The molecule has 7 aromatic carbocycles. The van der Waals surface area contributed by atoms with Crippen LogP contribution in [-0.4, -0.2) is 170 Å². The molecule has 13 rings (SSSR count). The van der Waals surface area contributed by atoms with Crippen LogP contribution in [0.5, 0.6) is 0 Å². The molecule has 650 valence electrons. The number of fused-ring (bicyclic) bond motifs is 3. The van der Waals surface area contributed by atoms with E-state index in [1.54, 1.807) is 49.5 Å². The Morgan fingerprint density at radius 3 is 1.13 bits per heavy atom. The van der Waals surface area contributed by atoms with Crippen molar-refractivity contribution in [2.75, 3.05) is 113 Å². The summed E-state index contributed by atoms with van der Waals surface area (Å²) in [5, 5.41) is 49.4. The molecule has 1 aliphatic rings. The van der Waals surface area contributed by atoms with Crippen molar-refractivity contribution in [1.29, 1.82) is 0 Å². The number of ketones is 3. The van der Waals surface area contributed by atoms with Crippen LogP contribution in [0.1, 0.15) is 143 Å². The summed E-state index contributed by atoms with van der Waals surface area (Å²) in [4.78, 5) is 63.1. The number of anilines is 3. The highest BCUT2D eigenvalue weighted by molar-refractivity contribution is 9.11. The van der Waals surface area contributed by atoms with Crippen LogP contribution in [0.3, 0.4) is 0 Å². The van der Waals surface area contributed by atoms with Gasteiger partial charge in [0.1, 0.15) is 34.8 Å². The first-order valence-corrected chi connectivity index (χ1v) is 46.4. The van der Waals surface area contributed by atoms with Crippen molar-refractivity contribution in [2.24, 2.45) is 11.5 Å². The zero-order valence-corrected chi connectivity index (χ0v) is 76.9. The number of rotatable bonds is 44. The quantitative estimate of drug-likeness (QED) is 0.0171. The molecule has 1 aliphatic heterocycles. The highest BCUT2D eigenvalue weighted by Gasteiger charge is 2.25. The van der Waals surface area contributed by atoms with Gasteiger partial charge in [-0.2, -0.15) is 0 Å². The Labute approximate surface area is 751 Å². The number of hydrogen-bond donors (Lipinski definition) is 9. The number of piperidine rings is 1. The lowest BCUT2D eigenvalue weighted by molar-refractivity contribution is -0.118. The van der Waals surface area contributed by atoms with E-state index in [0.29, 0.717) is 101 Å². The highest BCUT2D eigenvalue weighted by atomic mass is 79.9. The predicted octanol–water partition coefficient (Wildman–Crippen LogP) is 17.5. The molecule has 1 fully saturated rings. The second-order valence-corrected chi connectivity index (χ2v) is 36.9. The van der Waals surface area contributed by atoms with E-state index in [1.165, 1.54) is 47.8 Å². The van der Waals surface area contributed by atoms with E-state index in [2.05, 4.69) is 194 Å². The van der Waals surface area contributed by atoms with Crippen molar-refractivity contribution in [3.63, 3.8) is 0 Å². The lowest BCUT2D eigenvalue weighted by atomic mass is 10.0. The third-order valence-electron chi connectivity index (χ3n) is 21.8. The topological polar surface area (TPSA) is 287 Å². The fourth-order valence-electron chi connectivity index (χ4n) is 15.9. The number of nitrogens with zero attached hydrogens (tertiary/aromatic N) is 10. The number of likely N-dealkylation sites (tertiary alicyclic amines) is 1.